The molecular formula is C10H11ClN4OS. The van der Waals surface area contributed by atoms with Crippen LogP contribution in [-0.4, -0.2) is 15.1 Å². The molecule has 0 unspecified atom stereocenters. The van der Waals surface area contributed by atoms with Crippen molar-refractivity contribution in [2.45, 2.75) is 24.6 Å². The maximum absolute atomic E-state index is 5.80. The van der Waals surface area contributed by atoms with E-state index in [0.717, 1.165) is 22.0 Å². The van der Waals surface area contributed by atoms with Crippen LogP contribution in [0, 0.1) is 13.8 Å². The van der Waals surface area contributed by atoms with E-state index in [1.807, 2.05) is 13.8 Å². The Bertz CT molecular complexity index is 503. The maximum Gasteiger partial charge on any atom is 0.222 e. The molecule has 0 aliphatic heterocycles. The van der Waals surface area contributed by atoms with Crippen molar-refractivity contribution in [1.29, 1.82) is 0 Å². The van der Waals surface area contributed by atoms with Gasteiger partial charge < -0.3 is 10.3 Å². The molecule has 5 nitrogen and oxygen atoms in total. The minimum absolute atomic E-state index is 0.179. The lowest BCUT2D eigenvalue weighted by Gasteiger charge is -2.02. The summed E-state index contributed by atoms with van der Waals surface area (Å²) in [6.07, 6.45) is 0. The minimum atomic E-state index is 0.179. The summed E-state index contributed by atoms with van der Waals surface area (Å²) in [5.41, 5.74) is 7.48. The molecule has 0 bridgehead atoms. The fraction of sp³-hybridized carbons (Fsp3) is 0.300. The van der Waals surface area contributed by atoms with E-state index in [1.165, 1.54) is 11.8 Å². The van der Waals surface area contributed by atoms with E-state index >= 15 is 0 Å². The Kier molecular flexibility index (Phi) is 3.54. The SMILES string of the molecule is Cc1noc(C)c1CSc1cc(Cl)nc(N)n1. The fourth-order valence-corrected chi connectivity index (χ4v) is 2.65. The van der Waals surface area contributed by atoms with Crippen LogP contribution in [0.5, 0.6) is 0 Å². The highest BCUT2D eigenvalue weighted by molar-refractivity contribution is 7.98. The number of nitrogens with two attached hydrogens (primary N) is 1. The molecule has 0 saturated heterocycles. The van der Waals surface area contributed by atoms with Crippen LogP contribution >= 0.6 is 23.4 Å². The number of nitrogen functional groups attached to an aromatic ring is 1. The second-order valence-corrected chi connectivity index (χ2v) is 4.86. The van der Waals surface area contributed by atoms with Crippen LogP contribution in [0.1, 0.15) is 17.0 Å². The molecule has 0 atom stereocenters. The highest BCUT2D eigenvalue weighted by atomic mass is 35.5. The van der Waals surface area contributed by atoms with Gasteiger partial charge in [0, 0.05) is 17.4 Å². The molecule has 0 aliphatic rings. The first-order chi connectivity index (χ1) is 8.06. The third-order valence-corrected chi connectivity index (χ3v) is 3.37. The molecule has 7 heteroatoms. The minimum Gasteiger partial charge on any atom is -0.368 e. The zero-order chi connectivity index (χ0) is 12.4. The third-order valence-electron chi connectivity index (χ3n) is 2.23. The number of nitrogens with zero attached hydrogens (tertiary/aromatic N) is 3. The fourth-order valence-electron chi connectivity index (χ4n) is 1.34. The van der Waals surface area contributed by atoms with Crippen molar-refractivity contribution in [3.63, 3.8) is 0 Å². The summed E-state index contributed by atoms with van der Waals surface area (Å²) in [6.45, 7) is 3.80. The number of rotatable bonds is 3. The molecule has 0 fully saturated rings. The number of halogens is 1. The normalized spacial score (nSPS) is 10.8. The van der Waals surface area contributed by atoms with Gasteiger partial charge in [-0.05, 0) is 13.8 Å². The van der Waals surface area contributed by atoms with E-state index in [2.05, 4.69) is 15.1 Å². The van der Waals surface area contributed by atoms with Gasteiger partial charge in [0.2, 0.25) is 5.95 Å². The molecule has 2 rings (SSSR count). The molecular weight excluding hydrogens is 260 g/mol. The van der Waals surface area contributed by atoms with Crippen LogP contribution in [0.15, 0.2) is 15.6 Å². The van der Waals surface area contributed by atoms with Crippen molar-refractivity contribution in [2.75, 3.05) is 5.73 Å². The lowest BCUT2D eigenvalue weighted by molar-refractivity contribution is 0.392. The Labute approximate surface area is 108 Å². The molecule has 2 aromatic rings. The molecule has 0 spiro atoms. The van der Waals surface area contributed by atoms with Crippen LogP contribution in [-0.2, 0) is 5.75 Å². The summed E-state index contributed by atoms with van der Waals surface area (Å²) in [5.74, 6) is 1.72. The largest absolute Gasteiger partial charge is 0.368 e. The Morgan fingerprint density at radius 1 is 1.41 bits per heavy atom. The highest BCUT2D eigenvalue weighted by Crippen LogP contribution is 2.26. The van der Waals surface area contributed by atoms with E-state index in [-0.39, 0.29) is 5.95 Å². The smallest absolute Gasteiger partial charge is 0.222 e. The predicted molar refractivity (Wildman–Crippen MR) is 67.0 cm³/mol. The van der Waals surface area contributed by atoms with Crippen molar-refractivity contribution >= 4 is 29.3 Å². The van der Waals surface area contributed by atoms with Crippen LogP contribution < -0.4 is 5.73 Å². The lowest BCUT2D eigenvalue weighted by Crippen LogP contribution is -1.96. The van der Waals surface area contributed by atoms with Crippen molar-refractivity contribution in [3.8, 4) is 0 Å². The Morgan fingerprint density at radius 2 is 2.18 bits per heavy atom. The molecule has 2 N–H and O–H groups in total. The highest BCUT2D eigenvalue weighted by Gasteiger charge is 2.10. The monoisotopic (exact) mass is 270 g/mol. The van der Waals surface area contributed by atoms with E-state index in [4.69, 9.17) is 21.9 Å². The molecule has 90 valence electrons. The summed E-state index contributed by atoms with van der Waals surface area (Å²) < 4.78 is 5.08. The van der Waals surface area contributed by atoms with E-state index in [0.29, 0.717) is 10.9 Å². The van der Waals surface area contributed by atoms with Crippen LogP contribution in [0.2, 0.25) is 5.15 Å². The second kappa shape index (κ2) is 4.93. The number of aryl methyl sites for hydroxylation is 2. The molecule has 0 amide bonds. The molecule has 0 aliphatic carbocycles. The van der Waals surface area contributed by atoms with Gasteiger partial charge >= 0.3 is 0 Å². The first-order valence-electron chi connectivity index (χ1n) is 4.91. The third kappa shape index (κ3) is 2.89. The van der Waals surface area contributed by atoms with Crippen LogP contribution in [0.3, 0.4) is 0 Å². The Balaban J connectivity index is 2.12. The van der Waals surface area contributed by atoms with Crippen molar-refractivity contribution in [1.82, 2.24) is 15.1 Å². The number of aromatic nitrogens is 3. The van der Waals surface area contributed by atoms with Gasteiger partial charge in [-0.3, -0.25) is 0 Å². The first kappa shape index (κ1) is 12.2. The van der Waals surface area contributed by atoms with Gasteiger partial charge in [0.05, 0.1) is 5.69 Å². The summed E-state index contributed by atoms with van der Waals surface area (Å²) in [7, 11) is 0. The maximum atomic E-state index is 5.80. The number of anilines is 1. The van der Waals surface area contributed by atoms with Crippen molar-refractivity contribution in [2.24, 2.45) is 0 Å². The van der Waals surface area contributed by atoms with Gasteiger partial charge in [-0.2, -0.15) is 0 Å². The van der Waals surface area contributed by atoms with Gasteiger partial charge in [0.25, 0.3) is 0 Å². The van der Waals surface area contributed by atoms with Gasteiger partial charge in [0.1, 0.15) is 15.9 Å². The second-order valence-electron chi connectivity index (χ2n) is 3.48. The lowest BCUT2D eigenvalue weighted by atomic mass is 10.2. The first-order valence-corrected chi connectivity index (χ1v) is 6.27. The summed E-state index contributed by atoms with van der Waals surface area (Å²) >= 11 is 7.32. The Morgan fingerprint density at radius 3 is 2.76 bits per heavy atom. The zero-order valence-electron chi connectivity index (χ0n) is 9.40. The number of hydrogen-bond acceptors (Lipinski definition) is 6. The average molecular weight is 271 g/mol. The topological polar surface area (TPSA) is 77.8 Å². The van der Waals surface area contributed by atoms with Gasteiger partial charge in [0.15, 0.2) is 0 Å². The number of thioether (sulfide) groups is 1. The van der Waals surface area contributed by atoms with E-state index in [1.54, 1.807) is 6.07 Å². The van der Waals surface area contributed by atoms with Crippen LogP contribution in [0.25, 0.3) is 0 Å². The quantitative estimate of drug-likeness (QED) is 0.682. The summed E-state index contributed by atoms with van der Waals surface area (Å²) in [6, 6.07) is 1.68. The summed E-state index contributed by atoms with van der Waals surface area (Å²) in [4.78, 5) is 7.89. The van der Waals surface area contributed by atoms with Crippen LogP contribution in [0.4, 0.5) is 5.95 Å². The molecule has 17 heavy (non-hydrogen) atoms. The summed E-state index contributed by atoms with van der Waals surface area (Å²) in [5, 5.41) is 4.98. The average Bonchev–Trinajstić information content (AvgIpc) is 2.55. The number of hydrogen-bond donors (Lipinski definition) is 1. The van der Waals surface area contributed by atoms with Gasteiger partial charge in [-0.15, -0.1) is 11.8 Å². The molecule has 2 aromatic heterocycles. The molecule has 0 radical (unpaired) electrons. The van der Waals surface area contributed by atoms with Crippen molar-refractivity contribution in [3.05, 3.63) is 28.2 Å². The van der Waals surface area contributed by atoms with Gasteiger partial charge in [-0.1, -0.05) is 16.8 Å². The van der Waals surface area contributed by atoms with Crippen molar-refractivity contribution < 1.29 is 4.52 Å². The van der Waals surface area contributed by atoms with E-state index in [9.17, 15) is 0 Å². The van der Waals surface area contributed by atoms with E-state index < -0.39 is 0 Å². The van der Waals surface area contributed by atoms with Gasteiger partial charge in [-0.25, -0.2) is 9.97 Å². The Hall–Kier alpha value is -1.27. The zero-order valence-corrected chi connectivity index (χ0v) is 11.0. The molecule has 2 heterocycles. The molecule has 0 aromatic carbocycles. The standard InChI is InChI=1S/C10H11ClN4OS/c1-5-7(6(2)16-15-5)4-17-9-3-8(11)13-10(12)14-9/h3H,4H2,1-2H3,(H2,12,13,14). The predicted octanol–water partition coefficient (Wildman–Crippen LogP) is 2.61. The molecule has 0 saturated carbocycles.